The van der Waals surface area contributed by atoms with Crippen molar-refractivity contribution in [3.05, 3.63) is 11.8 Å². The van der Waals surface area contributed by atoms with Gasteiger partial charge >= 0.3 is 36.6 Å². The second kappa shape index (κ2) is 26.4. The van der Waals surface area contributed by atoms with Crippen LogP contribution in [0.15, 0.2) is 16.8 Å². The monoisotopic (exact) mass is 1160 g/mol. The molecule has 4 aliphatic rings. The fourth-order valence-corrected chi connectivity index (χ4v) is 9.61. The number of likely N-dealkylation sites (N-methyl/N-ethyl adjacent to an activating group) is 1. The molecular formula is C55H96N8O18. The molecule has 2 saturated carbocycles. The second-order valence-corrected chi connectivity index (χ2v) is 27.6. The zero-order chi connectivity index (χ0) is 61.6. The molecule has 9 N–H and O–H groups in total. The number of aliphatic hydroxyl groups is 3. The van der Waals surface area contributed by atoms with E-state index >= 15 is 0 Å². The topological polar surface area (TPSA) is 334 Å². The van der Waals surface area contributed by atoms with Crippen LogP contribution in [-0.2, 0) is 42.6 Å². The van der Waals surface area contributed by atoms with Gasteiger partial charge < -0.3 is 84.1 Å². The number of guanidine groups is 1. The maximum absolute atomic E-state index is 14.0. The molecule has 1 unspecified atom stereocenters. The Balaban J connectivity index is 1.86. The first-order valence-corrected chi connectivity index (χ1v) is 27.7. The number of carbonyl (C=O) groups is 6. The first-order valence-electron chi connectivity index (χ1n) is 27.7. The van der Waals surface area contributed by atoms with Crippen LogP contribution in [0.4, 0.5) is 28.8 Å². The van der Waals surface area contributed by atoms with E-state index < -0.39 is 149 Å². The summed E-state index contributed by atoms with van der Waals surface area (Å²) in [5.74, 6) is -1.16. The van der Waals surface area contributed by atoms with Gasteiger partial charge in [-0.05, 0) is 176 Å². The molecule has 2 heterocycles. The predicted octanol–water partition coefficient (Wildman–Crippen LogP) is 5.58. The smallest absolute Gasteiger partial charge is 0.414 e. The molecule has 11 atom stereocenters. The Labute approximate surface area is 477 Å². The number of nitrogens with zero attached hydrogens (tertiary/aromatic N) is 2. The largest absolute Gasteiger partial charge is 0.491 e. The van der Waals surface area contributed by atoms with Gasteiger partial charge in [-0.25, -0.2) is 33.8 Å². The quantitative estimate of drug-likeness (QED) is 0.0654. The Morgan fingerprint density at radius 3 is 1.59 bits per heavy atom. The molecule has 6 amide bonds. The number of hydrogen-bond acceptors (Lipinski definition) is 20. The summed E-state index contributed by atoms with van der Waals surface area (Å²) in [6.07, 6.45) is -10.5. The van der Waals surface area contributed by atoms with Gasteiger partial charge in [-0.3, -0.25) is 10.6 Å². The van der Waals surface area contributed by atoms with Crippen molar-refractivity contribution in [3.8, 4) is 0 Å². The Bertz CT molecular complexity index is 2220. The van der Waals surface area contributed by atoms with E-state index in [0.29, 0.717) is 25.1 Å². The first-order chi connectivity index (χ1) is 36.8. The Kier molecular flexibility index (Phi) is 22.2. The molecule has 0 spiro atoms. The molecule has 26 nitrogen and oxygen atoms in total. The van der Waals surface area contributed by atoms with E-state index in [-0.39, 0.29) is 31.3 Å². The van der Waals surface area contributed by atoms with Crippen molar-refractivity contribution in [1.29, 1.82) is 0 Å². The van der Waals surface area contributed by atoms with Gasteiger partial charge in [-0.15, -0.1) is 0 Å². The number of ether oxygens (including phenoxy) is 9. The number of amides is 6. The lowest BCUT2D eigenvalue weighted by atomic mass is 9.72. The molecule has 0 bridgehead atoms. The summed E-state index contributed by atoms with van der Waals surface area (Å²) in [6.45, 7) is 31.7. The van der Waals surface area contributed by atoms with Crippen molar-refractivity contribution < 1.29 is 86.7 Å². The predicted molar refractivity (Wildman–Crippen MR) is 296 cm³/mol. The third-order valence-electron chi connectivity index (χ3n) is 12.5. The fourth-order valence-electron chi connectivity index (χ4n) is 9.61. The van der Waals surface area contributed by atoms with Crippen LogP contribution < -0.4 is 31.9 Å². The standard InChI is InChI=1S/C55H96N8O18/c1-49(2,3)76-43(66)57-30-23-29(24-30)26-56-27-31-21-22-32(58-42(61-46(69)79-52(10,11)12)62-47(70)80-53(13,14)15)38(74-31)35-33(59-44(67)77-50(4,5)6)25-34(60-45(68)78-51(7,8)9)39(36(35)64)75-41-37(65)40(55(19,72)28-73-41)63(20)48(71)81-54(16,17)18/h21,29-30,32-41,56,64-65,72H,22-28H2,1-20H3,(H,57,66)(H,59,67)(H,60,68)(H2,58,61,62,69,70)/t29?,30?,32-,33+,34-,35-,36+,37-,38?,39+,40-,41-,55+/m1/s1. The number of carbonyl (C=O) groups excluding carboxylic acids is 6. The molecule has 2 aliphatic carbocycles. The van der Waals surface area contributed by atoms with Crippen LogP contribution in [-0.4, -0.2) is 190 Å². The average molecular weight is 1160 g/mol. The third kappa shape index (κ3) is 22.7. The van der Waals surface area contributed by atoms with Crippen molar-refractivity contribution in [2.24, 2.45) is 16.8 Å². The van der Waals surface area contributed by atoms with Crippen LogP contribution in [0.1, 0.15) is 157 Å². The average Bonchev–Trinajstić information content (AvgIpc) is 3.21. The molecule has 0 aromatic rings. The minimum atomic E-state index is -1.87. The van der Waals surface area contributed by atoms with Gasteiger partial charge in [0.2, 0.25) is 5.96 Å². The van der Waals surface area contributed by atoms with Crippen molar-refractivity contribution in [3.63, 3.8) is 0 Å². The SMILES string of the molecule is CN(C(=O)OC(C)(C)C)[C@@H]1[C@@H](O)[C@@H](O[C@@H]2[C@@H](O)[C@H](C3OC(CNCC4CC(NC(=O)OC(C)(C)C)C4)=CC[C@H]3N=C(NC(=O)OC(C)(C)C)NC(=O)OC(C)(C)C)[C@@H](NC(=O)OC(C)(C)C)C[C@H]2NC(=O)OC(C)(C)C)OC[C@]1(C)O. The van der Waals surface area contributed by atoms with Gasteiger partial charge in [0.15, 0.2) is 6.29 Å². The molecule has 26 heteroatoms. The number of nitrogens with one attached hydrogen (secondary N) is 6. The van der Waals surface area contributed by atoms with Crippen LogP contribution >= 0.6 is 0 Å². The highest BCUT2D eigenvalue weighted by Crippen LogP contribution is 2.40. The van der Waals surface area contributed by atoms with E-state index in [0.717, 1.165) is 4.90 Å². The molecular weight excluding hydrogens is 1060 g/mol. The molecule has 1 saturated heterocycles. The van der Waals surface area contributed by atoms with Crippen LogP contribution in [0.25, 0.3) is 0 Å². The van der Waals surface area contributed by atoms with Crippen LogP contribution in [0.5, 0.6) is 0 Å². The lowest BCUT2D eigenvalue weighted by molar-refractivity contribution is -0.305. The zero-order valence-electron chi connectivity index (χ0n) is 51.3. The van der Waals surface area contributed by atoms with E-state index in [1.165, 1.54) is 14.0 Å². The summed E-state index contributed by atoms with van der Waals surface area (Å²) >= 11 is 0. The van der Waals surface area contributed by atoms with Crippen molar-refractivity contribution in [1.82, 2.24) is 36.8 Å². The third-order valence-corrected chi connectivity index (χ3v) is 12.5. The van der Waals surface area contributed by atoms with Gasteiger partial charge in [0, 0.05) is 25.0 Å². The summed E-state index contributed by atoms with van der Waals surface area (Å²) in [5, 5.41) is 53.9. The molecule has 4 rings (SSSR count). The van der Waals surface area contributed by atoms with Crippen LogP contribution in [0, 0.1) is 11.8 Å². The van der Waals surface area contributed by atoms with Gasteiger partial charge in [0.05, 0.1) is 37.4 Å². The van der Waals surface area contributed by atoms with Crippen LogP contribution in [0.3, 0.4) is 0 Å². The lowest BCUT2D eigenvalue weighted by Gasteiger charge is -2.51. The number of aliphatic imine (C=N–C) groups is 1. The van der Waals surface area contributed by atoms with Gasteiger partial charge in [0.1, 0.15) is 63.3 Å². The highest BCUT2D eigenvalue weighted by molar-refractivity contribution is 6.01. The van der Waals surface area contributed by atoms with Crippen molar-refractivity contribution in [2.45, 2.75) is 257 Å². The first kappa shape index (κ1) is 68.1. The number of rotatable bonds is 12. The fraction of sp³-hybridized carbons (Fsp3) is 0.836. The minimum absolute atomic E-state index is 0.0359. The molecule has 0 aromatic heterocycles. The van der Waals surface area contributed by atoms with Gasteiger partial charge in [-0.1, -0.05) is 0 Å². The van der Waals surface area contributed by atoms with E-state index in [1.807, 2.05) is 0 Å². The summed E-state index contributed by atoms with van der Waals surface area (Å²) in [4.78, 5) is 86.4. The summed E-state index contributed by atoms with van der Waals surface area (Å²) in [5.41, 5.74) is -7.47. The number of alkyl carbamates (subject to hydrolysis) is 5. The maximum atomic E-state index is 14.0. The van der Waals surface area contributed by atoms with Gasteiger partial charge in [0.25, 0.3) is 0 Å². The Morgan fingerprint density at radius 2 is 1.11 bits per heavy atom. The second-order valence-electron chi connectivity index (χ2n) is 27.6. The highest BCUT2D eigenvalue weighted by Gasteiger charge is 2.57. The Hall–Kier alpha value is -5.41. The molecule has 81 heavy (non-hydrogen) atoms. The minimum Gasteiger partial charge on any atom is -0.491 e. The van der Waals surface area contributed by atoms with Crippen molar-refractivity contribution >= 4 is 42.5 Å². The van der Waals surface area contributed by atoms with E-state index in [1.54, 1.807) is 131 Å². The summed E-state index contributed by atoms with van der Waals surface area (Å²) < 4.78 is 52.9. The van der Waals surface area contributed by atoms with E-state index in [9.17, 15) is 44.1 Å². The number of hydrogen-bond donors (Lipinski definition) is 9. The maximum Gasteiger partial charge on any atom is 0.414 e. The summed E-state index contributed by atoms with van der Waals surface area (Å²) in [6, 6.07) is -5.06. The normalized spacial score (nSPS) is 29.1. The van der Waals surface area contributed by atoms with E-state index in [4.69, 9.17) is 47.6 Å². The summed E-state index contributed by atoms with van der Waals surface area (Å²) in [7, 11) is 1.33. The molecule has 3 fully saturated rings. The van der Waals surface area contributed by atoms with Gasteiger partial charge in [-0.2, -0.15) is 0 Å². The molecule has 464 valence electrons. The highest BCUT2D eigenvalue weighted by atomic mass is 16.7. The molecule has 2 aliphatic heterocycles. The van der Waals surface area contributed by atoms with Crippen molar-refractivity contribution in [2.75, 3.05) is 26.7 Å². The van der Waals surface area contributed by atoms with Crippen LogP contribution in [0.2, 0.25) is 0 Å². The molecule has 0 aromatic carbocycles. The lowest BCUT2D eigenvalue weighted by Crippen LogP contribution is -2.70. The Morgan fingerprint density at radius 1 is 0.654 bits per heavy atom. The number of aliphatic hydroxyl groups excluding tert-OH is 2. The molecule has 0 radical (unpaired) electrons. The van der Waals surface area contributed by atoms with E-state index in [2.05, 4.69) is 31.9 Å². The zero-order valence-corrected chi connectivity index (χ0v) is 51.3.